The van der Waals surface area contributed by atoms with Gasteiger partial charge in [0.15, 0.2) is 0 Å². The van der Waals surface area contributed by atoms with Crippen LogP contribution in [0.25, 0.3) is 0 Å². The molecule has 0 aliphatic carbocycles. The third-order valence-electron chi connectivity index (χ3n) is 4.24. The number of carbonyl (C=O) groups excluding carboxylic acids is 1. The lowest BCUT2D eigenvalue weighted by Crippen LogP contribution is -2.16. The smallest absolute Gasteiger partial charge is 0.226 e. The van der Waals surface area contributed by atoms with E-state index in [0.717, 1.165) is 28.4 Å². The highest BCUT2D eigenvalue weighted by atomic mass is 16.5. The molecule has 0 fully saturated rings. The standard InChI is InChI=1S/C24H26N2O3/c1-2-28-23-11-7-6-10-22(23)25-17-16-24(27)26-20-12-14-21(15-13-20)29-18-19-8-4-3-5-9-19/h3-15,25H,2,16-18H2,1H3,(H,26,27). The van der Waals surface area contributed by atoms with Crippen LogP contribution in [-0.2, 0) is 11.4 Å². The lowest BCUT2D eigenvalue weighted by molar-refractivity contribution is -0.115. The molecule has 0 aliphatic rings. The molecular weight excluding hydrogens is 364 g/mol. The number of nitrogens with one attached hydrogen (secondary N) is 2. The minimum absolute atomic E-state index is 0.0515. The quantitative estimate of drug-likeness (QED) is 0.505. The Balaban J connectivity index is 1.42. The fourth-order valence-corrected chi connectivity index (χ4v) is 2.80. The number of benzene rings is 3. The van der Waals surface area contributed by atoms with Gasteiger partial charge in [-0.3, -0.25) is 4.79 Å². The number of hydrogen-bond acceptors (Lipinski definition) is 4. The van der Waals surface area contributed by atoms with Gasteiger partial charge >= 0.3 is 0 Å². The Hall–Kier alpha value is -3.47. The first-order valence-electron chi connectivity index (χ1n) is 9.77. The third-order valence-corrected chi connectivity index (χ3v) is 4.24. The molecule has 0 saturated heterocycles. The van der Waals surface area contributed by atoms with Crippen molar-refractivity contribution in [3.05, 3.63) is 84.4 Å². The predicted molar refractivity (Wildman–Crippen MR) is 117 cm³/mol. The molecule has 0 aliphatic heterocycles. The topological polar surface area (TPSA) is 59.6 Å². The molecule has 0 bridgehead atoms. The van der Waals surface area contributed by atoms with Crippen LogP contribution in [0.4, 0.5) is 11.4 Å². The SMILES string of the molecule is CCOc1ccccc1NCCC(=O)Nc1ccc(OCc2ccccc2)cc1. The van der Waals surface area contributed by atoms with Gasteiger partial charge in [-0.15, -0.1) is 0 Å². The van der Waals surface area contributed by atoms with Crippen LogP contribution in [0.1, 0.15) is 18.9 Å². The average Bonchev–Trinajstić information content (AvgIpc) is 2.75. The molecule has 1 amide bonds. The van der Waals surface area contributed by atoms with E-state index >= 15 is 0 Å². The number of para-hydroxylation sites is 2. The summed E-state index contributed by atoms with van der Waals surface area (Å²) >= 11 is 0. The summed E-state index contributed by atoms with van der Waals surface area (Å²) in [4.78, 5) is 12.2. The normalized spacial score (nSPS) is 10.2. The van der Waals surface area contributed by atoms with Crippen molar-refractivity contribution in [1.82, 2.24) is 0 Å². The summed E-state index contributed by atoms with van der Waals surface area (Å²) in [6, 6.07) is 25.1. The van der Waals surface area contributed by atoms with Gasteiger partial charge in [0.25, 0.3) is 0 Å². The van der Waals surface area contributed by atoms with Crippen molar-refractivity contribution in [2.45, 2.75) is 20.0 Å². The maximum Gasteiger partial charge on any atom is 0.226 e. The zero-order chi connectivity index (χ0) is 20.3. The molecule has 0 saturated carbocycles. The minimum atomic E-state index is -0.0515. The van der Waals surface area contributed by atoms with Crippen LogP contribution in [0.5, 0.6) is 11.5 Å². The van der Waals surface area contributed by atoms with Gasteiger partial charge in [0.1, 0.15) is 18.1 Å². The monoisotopic (exact) mass is 390 g/mol. The maximum atomic E-state index is 12.2. The van der Waals surface area contributed by atoms with Crippen molar-refractivity contribution in [3.63, 3.8) is 0 Å². The molecule has 0 aromatic heterocycles. The number of ether oxygens (including phenoxy) is 2. The molecule has 0 unspecified atom stereocenters. The average molecular weight is 390 g/mol. The molecule has 3 aromatic rings. The van der Waals surface area contributed by atoms with Crippen LogP contribution in [-0.4, -0.2) is 19.1 Å². The fourth-order valence-electron chi connectivity index (χ4n) is 2.80. The summed E-state index contributed by atoms with van der Waals surface area (Å²) in [7, 11) is 0. The minimum Gasteiger partial charge on any atom is -0.492 e. The van der Waals surface area contributed by atoms with E-state index in [1.165, 1.54) is 0 Å². The van der Waals surface area contributed by atoms with Crippen LogP contribution >= 0.6 is 0 Å². The second-order valence-corrected chi connectivity index (χ2v) is 6.45. The lowest BCUT2D eigenvalue weighted by Gasteiger charge is -2.12. The van der Waals surface area contributed by atoms with Crippen molar-refractivity contribution in [1.29, 1.82) is 0 Å². The van der Waals surface area contributed by atoms with E-state index in [1.807, 2.05) is 85.8 Å². The number of carbonyl (C=O) groups is 1. The van der Waals surface area contributed by atoms with Gasteiger partial charge in [-0.2, -0.15) is 0 Å². The highest BCUT2D eigenvalue weighted by Crippen LogP contribution is 2.23. The van der Waals surface area contributed by atoms with Crippen LogP contribution in [0.3, 0.4) is 0 Å². The molecule has 5 nitrogen and oxygen atoms in total. The van der Waals surface area contributed by atoms with Crippen LogP contribution in [0.2, 0.25) is 0 Å². The van der Waals surface area contributed by atoms with E-state index in [9.17, 15) is 4.79 Å². The van der Waals surface area contributed by atoms with Gasteiger partial charge in [-0.05, 0) is 48.9 Å². The van der Waals surface area contributed by atoms with Gasteiger partial charge in [0.2, 0.25) is 5.91 Å². The second-order valence-electron chi connectivity index (χ2n) is 6.45. The summed E-state index contributed by atoms with van der Waals surface area (Å²) in [5.74, 6) is 1.51. The first-order chi connectivity index (χ1) is 14.2. The summed E-state index contributed by atoms with van der Waals surface area (Å²) in [5, 5.41) is 6.15. The zero-order valence-corrected chi connectivity index (χ0v) is 16.6. The first-order valence-corrected chi connectivity index (χ1v) is 9.77. The van der Waals surface area contributed by atoms with Crippen LogP contribution in [0, 0.1) is 0 Å². The van der Waals surface area contributed by atoms with E-state index < -0.39 is 0 Å². The second kappa shape index (κ2) is 10.8. The van der Waals surface area contributed by atoms with Gasteiger partial charge in [0, 0.05) is 18.7 Å². The van der Waals surface area contributed by atoms with Crippen molar-refractivity contribution in [2.24, 2.45) is 0 Å². The molecule has 0 atom stereocenters. The van der Waals surface area contributed by atoms with Gasteiger partial charge in [-0.1, -0.05) is 42.5 Å². The number of hydrogen-bond donors (Lipinski definition) is 2. The number of amides is 1. The highest BCUT2D eigenvalue weighted by molar-refractivity contribution is 5.91. The third kappa shape index (κ3) is 6.57. The summed E-state index contributed by atoms with van der Waals surface area (Å²) < 4.78 is 11.3. The van der Waals surface area contributed by atoms with Gasteiger partial charge < -0.3 is 20.1 Å². The summed E-state index contributed by atoms with van der Waals surface area (Å²) in [6.07, 6.45) is 0.354. The largest absolute Gasteiger partial charge is 0.492 e. The molecule has 0 radical (unpaired) electrons. The Morgan fingerprint density at radius 1 is 0.862 bits per heavy atom. The van der Waals surface area contributed by atoms with E-state index in [0.29, 0.717) is 26.2 Å². The predicted octanol–water partition coefficient (Wildman–Crippen LogP) is 5.11. The Labute approximate surface area is 171 Å². The van der Waals surface area contributed by atoms with E-state index in [2.05, 4.69) is 10.6 Å². The molecular formula is C24H26N2O3. The van der Waals surface area contributed by atoms with E-state index in [-0.39, 0.29) is 5.91 Å². The zero-order valence-electron chi connectivity index (χ0n) is 16.6. The van der Waals surface area contributed by atoms with Crippen molar-refractivity contribution >= 4 is 17.3 Å². The molecule has 3 rings (SSSR count). The molecule has 0 heterocycles. The summed E-state index contributed by atoms with van der Waals surface area (Å²) in [5.41, 5.74) is 2.75. The highest BCUT2D eigenvalue weighted by Gasteiger charge is 2.05. The number of rotatable bonds is 10. The molecule has 29 heavy (non-hydrogen) atoms. The van der Waals surface area contributed by atoms with Crippen molar-refractivity contribution in [2.75, 3.05) is 23.8 Å². The Kier molecular flexibility index (Phi) is 7.52. The van der Waals surface area contributed by atoms with Crippen LogP contribution < -0.4 is 20.1 Å². The van der Waals surface area contributed by atoms with Crippen molar-refractivity contribution in [3.8, 4) is 11.5 Å². The Morgan fingerprint density at radius 2 is 1.59 bits per heavy atom. The van der Waals surface area contributed by atoms with Crippen LogP contribution in [0.15, 0.2) is 78.9 Å². The Bertz CT molecular complexity index is 896. The van der Waals surface area contributed by atoms with Crippen molar-refractivity contribution < 1.29 is 14.3 Å². The molecule has 5 heteroatoms. The summed E-state index contributed by atoms with van der Waals surface area (Å²) in [6.45, 7) is 3.59. The van der Waals surface area contributed by atoms with E-state index in [4.69, 9.17) is 9.47 Å². The fraction of sp³-hybridized carbons (Fsp3) is 0.208. The van der Waals surface area contributed by atoms with E-state index in [1.54, 1.807) is 0 Å². The first kappa shape index (κ1) is 20.3. The Morgan fingerprint density at radius 3 is 2.34 bits per heavy atom. The van der Waals surface area contributed by atoms with Gasteiger partial charge in [0.05, 0.1) is 12.3 Å². The molecule has 2 N–H and O–H groups in total. The lowest BCUT2D eigenvalue weighted by atomic mass is 10.2. The maximum absolute atomic E-state index is 12.2. The molecule has 150 valence electrons. The molecule has 3 aromatic carbocycles. The molecule has 0 spiro atoms. The number of anilines is 2. The van der Waals surface area contributed by atoms with Gasteiger partial charge in [-0.25, -0.2) is 0 Å².